The molecule has 3 atom stereocenters. The van der Waals surface area contributed by atoms with Gasteiger partial charge in [0, 0.05) is 5.57 Å². The minimum atomic E-state index is -0.575. The average Bonchev–Trinajstić information content (AvgIpc) is 2.67. The second-order valence-corrected chi connectivity index (χ2v) is 4.48. The van der Waals surface area contributed by atoms with Crippen LogP contribution in [-0.4, -0.2) is 31.4 Å². The molecule has 1 saturated heterocycles. The van der Waals surface area contributed by atoms with Gasteiger partial charge in [0.25, 0.3) is 0 Å². The highest BCUT2D eigenvalue weighted by atomic mass is 16.8. The van der Waals surface area contributed by atoms with Crippen LogP contribution >= 0.6 is 0 Å². The van der Waals surface area contributed by atoms with Gasteiger partial charge in [-0.05, 0) is 32.1 Å². The summed E-state index contributed by atoms with van der Waals surface area (Å²) in [5.41, 5.74) is 0.598. The first-order chi connectivity index (χ1) is 8.10. The van der Waals surface area contributed by atoms with Gasteiger partial charge in [0.05, 0.1) is 7.11 Å². The van der Waals surface area contributed by atoms with E-state index in [0.29, 0.717) is 12.0 Å². The molecule has 5 nitrogen and oxygen atoms in total. The third-order valence-electron chi connectivity index (χ3n) is 3.26. The van der Waals surface area contributed by atoms with E-state index < -0.39 is 6.16 Å². The van der Waals surface area contributed by atoms with Crippen LogP contribution in [0.4, 0.5) is 4.79 Å². The van der Waals surface area contributed by atoms with Crippen molar-refractivity contribution in [2.75, 3.05) is 7.11 Å². The van der Waals surface area contributed by atoms with Crippen molar-refractivity contribution in [2.24, 2.45) is 5.92 Å². The molecule has 0 radical (unpaired) electrons. The molecule has 17 heavy (non-hydrogen) atoms. The Labute approximate surface area is 99.7 Å². The molecular weight excluding hydrogens is 224 g/mol. The molecule has 2 fully saturated rings. The lowest BCUT2D eigenvalue weighted by Crippen LogP contribution is -2.30. The summed E-state index contributed by atoms with van der Waals surface area (Å²) in [6.45, 7) is 1.73. The van der Waals surface area contributed by atoms with Crippen molar-refractivity contribution in [1.29, 1.82) is 0 Å². The molecule has 3 unspecified atom stereocenters. The van der Waals surface area contributed by atoms with Crippen molar-refractivity contribution in [2.45, 2.75) is 38.4 Å². The number of esters is 1. The lowest BCUT2D eigenvalue weighted by atomic mass is 9.84. The summed E-state index contributed by atoms with van der Waals surface area (Å²) >= 11 is 0. The number of hydrogen-bond donors (Lipinski definition) is 0. The highest BCUT2D eigenvalue weighted by Crippen LogP contribution is 2.34. The van der Waals surface area contributed by atoms with Crippen LogP contribution in [0.25, 0.3) is 0 Å². The number of carbonyl (C=O) groups is 2. The molecule has 0 amide bonds. The summed E-state index contributed by atoms with van der Waals surface area (Å²) in [5, 5.41) is 0. The molecule has 0 bridgehead atoms. The zero-order chi connectivity index (χ0) is 12.4. The fourth-order valence-corrected chi connectivity index (χ4v) is 2.40. The van der Waals surface area contributed by atoms with Crippen LogP contribution in [0.15, 0.2) is 11.6 Å². The first-order valence-electron chi connectivity index (χ1n) is 5.74. The first kappa shape index (κ1) is 12.0. The maximum Gasteiger partial charge on any atom is 0.509 e. The summed E-state index contributed by atoms with van der Waals surface area (Å²) in [5.74, 6) is -0.0726. The molecule has 0 aromatic carbocycles. The summed E-state index contributed by atoms with van der Waals surface area (Å²) in [7, 11) is 1.36. The number of methoxy groups -OCH3 is 1. The minimum absolute atomic E-state index is 0.106. The molecule has 2 rings (SSSR count). The molecular formula is C12H16O5. The third-order valence-corrected chi connectivity index (χ3v) is 3.26. The standard InChI is InChI=1S/C12H16O5/c1-7(11(13)15-2)5-8-3-4-9-10(6-8)17-12(14)16-9/h5,8-10H,3-4,6H2,1-2H3. The van der Waals surface area contributed by atoms with Crippen LogP contribution in [0.3, 0.4) is 0 Å². The lowest BCUT2D eigenvalue weighted by Gasteiger charge is -2.26. The van der Waals surface area contributed by atoms with E-state index in [0.717, 1.165) is 12.8 Å². The maximum absolute atomic E-state index is 11.3. The van der Waals surface area contributed by atoms with E-state index >= 15 is 0 Å². The summed E-state index contributed by atoms with van der Waals surface area (Å²) in [6.07, 6.45) is 3.44. The van der Waals surface area contributed by atoms with Gasteiger partial charge in [-0.15, -0.1) is 0 Å². The van der Waals surface area contributed by atoms with Gasteiger partial charge in [-0.3, -0.25) is 0 Å². The molecule has 1 aliphatic heterocycles. The van der Waals surface area contributed by atoms with Gasteiger partial charge in [-0.2, -0.15) is 0 Å². The second-order valence-electron chi connectivity index (χ2n) is 4.48. The van der Waals surface area contributed by atoms with Crippen LogP contribution in [0.1, 0.15) is 26.2 Å². The van der Waals surface area contributed by atoms with Gasteiger partial charge >= 0.3 is 12.1 Å². The van der Waals surface area contributed by atoms with Gasteiger partial charge in [0.15, 0.2) is 0 Å². The number of allylic oxidation sites excluding steroid dienone is 1. The average molecular weight is 240 g/mol. The molecule has 1 aliphatic carbocycles. The Balaban J connectivity index is 1.97. The summed E-state index contributed by atoms with van der Waals surface area (Å²) in [6, 6.07) is 0. The fourth-order valence-electron chi connectivity index (χ4n) is 2.40. The fraction of sp³-hybridized carbons (Fsp3) is 0.667. The van der Waals surface area contributed by atoms with E-state index in [1.807, 2.05) is 6.08 Å². The van der Waals surface area contributed by atoms with Gasteiger partial charge in [0.1, 0.15) is 12.2 Å². The molecule has 5 heteroatoms. The van der Waals surface area contributed by atoms with E-state index in [-0.39, 0.29) is 24.1 Å². The minimum Gasteiger partial charge on any atom is -0.466 e. The van der Waals surface area contributed by atoms with Gasteiger partial charge in [0.2, 0.25) is 0 Å². The molecule has 2 aliphatic rings. The SMILES string of the molecule is COC(=O)C(C)=CC1CCC2OC(=O)OC2C1. The molecule has 0 spiro atoms. The third kappa shape index (κ3) is 2.60. The Morgan fingerprint density at radius 1 is 1.35 bits per heavy atom. The van der Waals surface area contributed by atoms with Crippen LogP contribution in [0.2, 0.25) is 0 Å². The Hall–Kier alpha value is -1.52. The van der Waals surface area contributed by atoms with E-state index in [2.05, 4.69) is 4.74 Å². The molecule has 0 N–H and O–H groups in total. The number of hydrogen-bond acceptors (Lipinski definition) is 5. The number of carbonyl (C=O) groups excluding carboxylic acids is 2. The van der Waals surface area contributed by atoms with Crippen molar-refractivity contribution in [3.63, 3.8) is 0 Å². The number of rotatable bonds is 2. The molecule has 0 aromatic rings. The molecule has 1 heterocycles. The normalized spacial score (nSPS) is 32.5. The zero-order valence-electron chi connectivity index (χ0n) is 9.97. The van der Waals surface area contributed by atoms with E-state index in [9.17, 15) is 9.59 Å². The van der Waals surface area contributed by atoms with Crippen LogP contribution in [0.5, 0.6) is 0 Å². The number of ether oxygens (including phenoxy) is 3. The predicted molar refractivity (Wildman–Crippen MR) is 58.3 cm³/mol. The molecule has 94 valence electrons. The number of fused-ring (bicyclic) bond motifs is 1. The smallest absolute Gasteiger partial charge is 0.466 e. The largest absolute Gasteiger partial charge is 0.509 e. The second kappa shape index (κ2) is 4.77. The van der Waals surface area contributed by atoms with Gasteiger partial charge in [-0.1, -0.05) is 6.08 Å². The molecule has 1 saturated carbocycles. The van der Waals surface area contributed by atoms with Crippen molar-refractivity contribution < 1.29 is 23.8 Å². The van der Waals surface area contributed by atoms with Crippen LogP contribution < -0.4 is 0 Å². The van der Waals surface area contributed by atoms with Crippen LogP contribution in [0, 0.1) is 5.92 Å². The topological polar surface area (TPSA) is 61.8 Å². The summed E-state index contributed by atoms with van der Waals surface area (Å²) in [4.78, 5) is 22.2. The van der Waals surface area contributed by atoms with Crippen LogP contribution in [-0.2, 0) is 19.0 Å². The quantitative estimate of drug-likeness (QED) is 0.544. The van der Waals surface area contributed by atoms with Crippen molar-refractivity contribution in [1.82, 2.24) is 0 Å². The van der Waals surface area contributed by atoms with E-state index in [4.69, 9.17) is 9.47 Å². The van der Waals surface area contributed by atoms with Gasteiger partial charge in [-0.25, -0.2) is 9.59 Å². The van der Waals surface area contributed by atoms with Crippen molar-refractivity contribution in [3.8, 4) is 0 Å². The zero-order valence-corrected chi connectivity index (χ0v) is 9.97. The first-order valence-corrected chi connectivity index (χ1v) is 5.74. The predicted octanol–water partition coefficient (Wildman–Crippen LogP) is 1.81. The van der Waals surface area contributed by atoms with E-state index in [1.54, 1.807) is 6.92 Å². The Kier molecular flexibility index (Phi) is 3.36. The highest BCUT2D eigenvalue weighted by Gasteiger charge is 2.40. The summed E-state index contributed by atoms with van der Waals surface area (Å²) < 4.78 is 14.7. The monoisotopic (exact) mass is 240 g/mol. The highest BCUT2D eigenvalue weighted by molar-refractivity contribution is 5.87. The van der Waals surface area contributed by atoms with Gasteiger partial charge < -0.3 is 14.2 Å². The Morgan fingerprint density at radius 3 is 2.76 bits per heavy atom. The molecule has 0 aromatic heterocycles. The van der Waals surface area contributed by atoms with E-state index in [1.165, 1.54) is 7.11 Å². The lowest BCUT2D eigenvalue weighted by molar-refractivity contribution is -0.136. The Bertz CT molecular complexity index is 360. The Morgan fingerprint density at radius 2 is 2.06 bits per heavy atom. The maximum atomic E-state index is 11.3. The van der Waals surface area contributed by atoms with Crippen molar-refractivity contribution >= 4 is 12.1 Å². The van der Waals surface area contributed by atoms with Crippen molar-refractivity contribution in [3.05, 3.63) is 11.6 Å².